The molecule has 1 aliphatic carbocycles. The van der Waals surface area contributed by atoms with Gasteiger partial charge in [-0.3, -0.25) is 9.59 Å². The van der Waals surface area contributed by atoms with Crippen LogP contribution in [0.5, 0.6) is 0 Å². The van der Waals surface area contributed by atoms with Crippen LogP contribution in [0.15, 0.2) is 36.4 Å². The van der Waals surface area contributed by atoms with Gasteiger partial charge < -0.3 is 9.88 Å². The van der Waals surface area contributed by atoms with E-state index in [2.05, 4.69) is 17.1 Å². The first kappa shape index (κ1) is 18.4. The highest BCUT2D eigenvalue weighted by atomic mass is 35.5. The second-order valence-electron chi connectivity index (χ2n) is 8.63. The molecule has 0 saturated heterocycles. The predicted octanol–water partition coefficient (Wildman–Crippen LogP) is 5.55. The number of rotatable bonds is 2. The largest absolute Gasteiger partial charge is 0.352 e. The Hall–Kier alpha value is -2.59. The number of aromatic nitrogens is 1. The maximum absolute atomic E-state index is 13.3. The van der Waals surface area contributed by atoms with Crippen LogP contribution in [-0.4, -0.2) is 16.7 Å². The molecule has 5 heteroatoms. The average molecular weight is 407 g/mol. The zero-order valence-electron chi connectivity index (χ0n) is 16.6. The highest BCUT2D eigenvalue weighted by Gasteiger charge is 2.44. The number of aromatic amines is 1. The summed E-state index contributed by atoms with van der Waals surface area (Å²) in [5.74, 6) is 0.263. The Kier molecular flexibility index (Phi) is 4.11. The van der Waals surface area contributed by atoms with E-state index < -0.39 is 5.41 Å². The lowest BCUT2D eigenvalue weighted by atomic mass is 9.85. The lowest BCUT2D eigenvalue weighted by Gasteiger charge is -2.21. The van der Waals surface area contributed by atoms with Gasteiger partial charge in [0.15, 0.2) is 5.78 Å². The number of nitrogens with zero attached hydrogens (tertiary/aromatic N) is 1. The van der Waals surface area contributed by atoms with Crippen molar-refractivity contribution in [1.82, 2.24) is 4.98 Å². The summed E-state index contributed by atoms with van der Waals surface area (Å²) in [7, 11) is 0. The number of aryl methyl sites for hydroxylation is 1. The molecular formula is C24H23ClN2O2. The van der Waals surface area contributed by atoms with Crippen molar-refractivity contribution in [3.8, 4) is 0 Å². The van der Waals surface area contributed by atoms with E-state index in [1.54, 1.807) is 0 Å². The first-order valence-electron chi connectivity index (χ1n) is 10.2. The number of carbonyl (C=O) groups excluding carboxylic acids is 2. The van der Waals surface area contributed by atoms with Crippen molar-refractivity contribution in [3.63, 3.8) is 0 Å². The first-order chi connectivity index (χ1) is 13.9. The number of ketones is 1. The van der Waals surface area contributed by atoms with Gasteiger partial charge in [-0.05, 0) is 68.0 Å². The lowest BCUT2D eigenvalue weighted by molar-refractivity contribution is -0.122. The molecule has 0 bridgehead atoms. The van der Waals surface area contributed by atoms with Crippen LogP contribution in [-0.2, 0) is 23.2 Å². The fourth-order valence-corrected chi connectivity index (χ4v) is 4.93. The molecule has 148 valence electrons. The Bertz CT molecular complexity index is 1180. The molecule has 1 N–H and O–H groups in total. The minimum atomic E-state index is -0.628. The molecule has 3 aromatic rings. The molecule has 0 atom stereocenters. The summed E-state index contributed by atoms with van der Waals surface area (Å²) in [6.07, 6.45) is 3.43. The third kappa shape index (κ3) is 2.73. The number of hydrogen-bond donors (Lipinski definition) is 1. The standard InChI is InChI=1S/C24H23ClN2O2/c1-24(2)17-12-19-16(15-8-4-6-10-21(28)22(15)26-19)11-20(17)27(23(24)29)13-14-7-3-5-9-18(14)25/h3,5,7,9,11-12,26H,4,6,8,10,13H2,1-2H3. The Labute approximate surface area is 174 Å². The molecule has 1 amide bonds. The van der Waals surface area contributed by atoms with Gasteiger partial charge in [-0.2, -0.15) is 0 Å². The topological polar surface area (TPSA) is 53.2 Å². The van der Waals surface area contributed by atoms with Crippen LogP contribution < -0.4 is 4.90 Å². The van der Waals surface area contributed by atoms with Crippen molar-refractivity contribution in [3.05, 3.63) is 63.8 Å². The van der Waals surface area contributed by atoms with Crippen LogP contribution in [0.3, 0.4) is 0 Å². The van der Waals surface area contributed by atoms with Crippen LogP contribution in [0.25, 0.3) is 10.9 Å². The molecule has 1 aliphatic heterocycles. The molecule has 4 nitrogen and oxygen atoms in total. The van der Waals surface area contributed by atoms with Crippen LogP contribution in [0, 0.1) is 0 Å². The van der Waals surface area contributed by atoms with Gasteiger partial charge in [0.05, 0.1) is 17.7 Å². The zero-order valence-corrected chi connectivity index (χ0v) is 17.4. The van der Waals surface area contributed by atoms with Gasteiger partial charge >= 0.3 is 0 Å². The molecule has 0 radical (unpaired) electrons. The summed E-state index contributed by atoms with van der Waals surface area (Å²) in [4.78, 5) is 31.1. The number of fused-ring (bicyclic) bond motifs is 4. The van der Waals surface area contributed by atoms with E-state index in [1.165, 1.54) is 0 Å². The third-order valence-electron chi connectivity index (χ3n) is 6.41. The van der Waals surface area contributed by atoms with E-state index in [-0.39, 0.29) is 11.7 Å². The predicted molar refractivity (Wildman–Crippen MR) is 116 cm³/mol. The summed E-state index contributed by atoms with van der Waals surface area (Å²) in [6, 6.07) is 11.8. The lowest BCUT2D eigenvalue weighted by Crippen LogP contribution is -2.35. The van der Waals surface area contributed by atoms with Gasteiger partial charge in [0.2, 0.25) is 5.91 Å². The van der Waals surface area contributed by atoms with Crippen molar-refractivity contribution in [1.29, 1.82) is 0 Å². The van der Waals surface area contributed by atoms with Crippen molar-refractivity contribution >= 4 is 39.9 Å². The molecule has 2 aliphatic rings. The van der Waals surface area contributed by atoms with Crippen molar-refractivity contribution in [2.45, 2.75) is 51.5 Å². The van der Waals surface area contributed by atoms with Gasteiger partial charge in [0, 0.05) is 28.0 Å². The number of Topliss-reactive ketones (excluding diaryl/α,β-unsaturated/α-hetero) is 1. The Morgan fingerprint density at radius 1 is 1.10 bits per heavy atom. The van der Waals surface area contributed by atoms with E-state index >= 15 is 0 Å². The molecule has 0 unspecified atom stereocenters. The van der Waals surface area contributed by atoms with Crippen LogP contribution in [0.1, 0.15) is 60.3 Å². The molecule has 0 saturated carbocycles. The fraction of sp³-hybridized carbons (Fsp3) is 0.333. The molecular weight excluding hydrogens is 384 g/mol. The summed E-state index contributed by atoms with van der Waals surface area (Å²) >= 11 is 6.37. The molecule has 0 fully saturated rings. The van der Waals surface area contributed by atoms with Crippen molar-refractivity contribution in [2.24, 2.45) is 0 Å². The third-order valence-corrected chi connectivity index (χ3v) is 6.78. The Balaban J connectivity index is 1.68. The highest BCUT2D eigenvalue weighted by Crippen LogP contribution is 2.45. The number of anilines is 1. The number of H-pyrrole nitrogens is 1. The maximum Gasteiger partial charge on any atom is 0.237 e. The van der Waals surface area contributed by atoms with Gasteiger partial charge in [-0.25, -0.2) is 0 Å². The average Bonchev–Trinajstić information content (AvgIpc) is 3.05. The van der Waals surface area contributed by atoms with E-state index in [9.17, 15) is 9.59 Å². The molecule has 5 rings (SSSR count). The summed E-state index contributed by atoms with van der Waals surface area (Å²) in [5, 5.41) is 1.72. The first-order valence-corrected chi connectivity index (χ1v) is 10.5. The van der Waals surface area contributed by atoms with Crippen LogP contribution >= 0.6 is 11.6 Å². The quantitative estimate of drug-likeness (QED) is 0.567. The number of amides is 1. The van der Waals surface area contributed by atoms with E-state index in [4.69, 9.17) is 11.6 Å². The number of halogens is 1. The summed E-state index contributed by atoms with van der Waals surface area (Å²) in [6.45, 7) is 4.36. The molecule has 2 aromatic carbocycles. The molecule has 29 heavy (non-hydrogen) atoms. The zero-order chi connectivity index (χ0) is 20.3. The minimum absolute atomic E-state index is 0.0715. The minimum Gasteiger partial charge on any atom is -0.352 e. The number of benzene rings is 2. The Morgan fingerprint density at radius 3 is 2.66 bits per heavy atom. The van der Waals surface area contributed by atoms with E-state index in [1.807, 2.05) is 43.0 Å². The molecule has 0 spiro atoms. The SMILES string of the molecule is CC1(C)C(=O)N(Cc2ccccc2Cl)c2cc3c4c([nH]c3cc21)C(=O)CCCC4. The van der Waals surface area contributed by atoms with E-state index in [0.717, 1.165) is 58.2 Å². The maximum atomic E-state index is 13.3. The van der Waals surface area contributed by atoms with Gasteiger partial charge in [-0.15, -0.1) is 0 Å². The smallest absolute Gasteiger partial charge is 0.237 e. The summed E-state index contributed by atoms with van der Waals surface area (Å²) < 4.78 is 0. The van der Waals surface area contributed by atoms with Crippen LogP contribution in [0.2, 0.25) is 5.02 Å². The number of nitrogens with one attached hydrogen (secondary N) is 1. The van der Waals surface area contributed by atoms with Gasteiger partial charge in [-0.1, -0.05) is 29.8 Å². The number of carbonyl (C=O) groups is 2. The van der Waals surface area contributed by atoms with Crippen molar-refractivity contribution < 1.29 is 9.59 Å². The molecule has 2 heterocycles. The monoisotopic (exact) mass is 406 g/mol. The molecule has 1 aromatic heterocycles. The van der Waals surface area contributed by atoms with Gasteiger partial charge in [0.25, 0.3) is 0 Å². The van der Waals surface area contributed by atoms with Crippen molar-refractivity contribution in [2.75, 3.05) is 4.90 Å². The number of hydrogen-bond acceptors (Lipinski definition) is 2. The van der Waals surface area contributed by atoms with Gasteiger partial charge in [0.1, 0.15) is 0 Å². The highest BCUT2D eigenvalue weighted by molar-refractivity contribution is 6.31. The second-order valence-corrected chi connectivity index (χ2v) is 9.04. The second kappa shape index (κ2) is 6.46. The fourth-order valence-electron chi connectivity index (χ4n) is 4.74. The van der Waals surface area contributed by atoms with Crippen LogP contribution in [0.4, 0.5) is 5.69 Å². The Morgan fingerprint density at radius 2 is 1.86 bits per heavy atom. The van der Waals surface area contributed by atoms with E-state index in [0.29, 0.717) is 18.0 Å². The summed E-state index contributed by atoms with van der Waals surface area (Å²) in [5.41, 5.74) is 5.01. The normalized spacial score (nSPS) is 18.1.